The van der Waals surface area contributed by atoms with Crippen LogP contribution in [0.15, 0.2) is 36.4 Å². The second-order valence-electron chi connectivity index (χ2n) is 5.36. The van der Waals surface area contributed by atoms with Crippen molar-refractivity contribution in [3.63, 3.8) is 0 Å². The average molecular weight is 297 g/mol. The molecule has 1 aliphatic heterocycles. The third-order valence-electron chi connectivity index (χ3n) is 4.11. The highest BCUT2D eigenvalue weighted by molar-refractivity contribution is 5.75. The number of hydrogen-bond acceptors (Lipinski definition) is 4. The van der Waals surface area contributed by atoms with E-state index in [9.17, 15) is 4.79 Å². The molecule has 0 aliphatic carbocycles. The zero-order valence-corrected chi connectivity index (χ0v) is 12.8. The van der Waals surface area contributed by atoms with Crippen LogP contribution in [0.25, 0.3) is 0 Å². The smallest absolute Gasteiger partial charge is 0.161 e. The van der Waals surface area contributed by atoms with Gasteiger partial charge in [0.25, 0.3) is 0 Å². The summed E-state index contributed by atoms with van der Waals surface area (Å²) in [5.41, 5.74) is 4.39. The van der Waals surface area contributed by atoms with Crippen molar-refractivity contribution in [1.29, 1.82) is 0 Å². The Balaban J connectivity index is 1.87. The Morgan fingerprint density at radius 1 is 1.00 bits per heavy atom. The first-order chi connectivity index (χ1) is 10.7. The van der Waals surface area contributed by atoms with Gasteiger partial charge >= 0.3 is 0 Å². The van der Waals surface area contributed by atoms with Crippen LogP contribution < -0.4 is 14.4 Å². The molecule has 4 nitrogen and oxygen atoms in total. The molecule has 0 amide bonds. The lowest BCUT2D eigenvalue weighted by Crippen LogP contribution is -2.30. The fourth-order valence-electron chi connectivity index (χ4n) is 2.87. The third kappa shape index (κ3) is 2.64. The van der Waals surface area contributed by atoms with E-state index in [1.807, 2.05) is 24.3 Å². The third-order valence-corrected chi connectivity index (χ3v) is 4.11. The van der Waals surface area contributed by atoms with Crippen molar-refractivity contribution in [3.8, 4) is 11.5 Å². The summed E-state index contributed by atoms with van der Waals surface area (Å²) >= 11 is 0. The molecule has 1 heterocycles. The molecule has 0 spiro atoms. The van der Waals surface area contributed by atoms with E-state index in [1.165, 1.54) is 11.1 Å². The molecule has 0 fully saturated rings. The average Bonchev–Trinajstić information content (AvgIpc) is 2.60. The lowest BCUT2D eigenvalue weighted by molar-refractivity contribution is 0.112. The Morgan fingerprint density at radius 3 is 2.23 bits per heavy atom. The first-order valence-corrected chi connectivity index (χ1v) is 7.29. The molecule has 0 radical (unpaired) electrons. The van der Waals surface area contributed by atoms with Gasteiger partial charge in [-0.1, -0.05) is 0 Å². The summed E-state index contributed by atoms with van der Waals surface area (Å²) in [7, 11) is 3.32. The zero-order valence-electron chi connectivity index (χ0n) is 12.8. The van der Waals surface area contributed by atoms with Crippen molar-refractivity contribution in [3.05, 3.63) is 53.1 Å². The molecule has 22 heavy (non-hydrogen) atoms. The molecule has 2 aromatic carbocycles. The van der Waals surface area contributed by atoms with Crippen LogP contribution in [0.2, 0.25) is 0 Å². The van der Waals surface area contributed by atoms with Gasteiger partial charge in [0, 0.05) is 24.3 Å². The Morgan fingerprint density at radius 2 is 1.64 bits per heavy atom. The molecule has 0 bridgehead atoms. The second-order valence-corrected chi connectivity index (χ2v) is 5.36. The number of carbonyl (C=O) groups is 1. The SMILES string of the molecule is COc1cc2c(cc1OC)CN(c1ccc(C=O)cc1)CC2. The summed E-state index contributed by atoms with van der Waals surface area (Å²) in [6.07, 6.45) is 1.83. The predicted molar refractivity (Wildman–Crippen MR) is 86.1 cm³/mol. The monoisotopic (exact) mass is 297 g/mol. The Labute approximate surface area is 130 Å². The van der Waals surface area contributed by atoms with Gasteiger partial charge in [-0.15, -0.1) is 0 Å². The highest BCUT2D eigenvalue weighted by atomic mass is 16.5. The Bertz CT molecular complexity index is 679. The molecule has 0 atom stereocenters. The van der Waals surface area contributed by atoms with Crippen LogP contribution in [0.3, 0.4) is 0 Å². The molecular formula is C18H19NO3. The molecule has 4 heteroatoms. The van der Waals surface area contributed by atoms with E-state index in [2.05, 4.69) is 17.0 Å². The quantitative estimate of drug-likeness (QED) is 0.813. The zero-order chi connectivity index (χ0) is 15.5. The summed E-state index contributed by atoms with van der Waals surface area (Å²) in [4.78, 5) is 13.1. The van der Waals surface area contributed by atoms with Crippen LogP contribution in [-0.2, 0) is 13.0 Å². The van der Waals surface area contributed by atoms with E-state index in [-0.39, 0.29) is 0 Å². The highest BCUT2D eigenvalue weighted by Gasteiger charge is 2.19. The van der Waals surface area contributed by atoms with Crippen molar-refractivity contribution < 1.29 is 14.3 Å². The van der Waals surface area contributed by atoms with Crippen LogP contribution in [0.5, 0.6) is 11.5 Å². The molecule has 114 valence electrons. The first-order valence-electron chi connectivity index (χ1n) is 7.29. The van der Waals surface area contributed by atoms with Crippen molar-refractivity contribution in [2.45, 2.75) is 13.0 Å². The Hall–Kier alpha value is -2.49. The fourth-order valence-corrected chi connectivity index (χ4v) is 2.87. The number of benzene rings is 2. The number of carbonyl (C=O) groups excluding carboxylic acids is 1. The largest absolute Gasteiger partial charge is 0.493 e. The summed E-state index contributed by atoms with van der Waals surface area (Å²) in [6, 6.07) is 11.8. The van der Waals surface area contributed by atoms with Gasteiger partial charge in [0.05, 0.1) is 14.2 Å². The van der Waals surface area contributed by atoms with E-state index in [1.54, 1.807) is 14.2 Å². The molecule has 1 aliphatic rings. The highest BCUT2D eigenvalue weighted by Crippen LogP contribution is 2.34. The van der Waals surface area contributed by atoms with Gasteiger partial charge in [0.15, 0.2) is 11.5 Å². The van der Waals surface area contributed by atoms with Gasteiger partial charge in [0.1, 0.15) is 6.29 Å². The lowest BCUT2D eigenvalue weighted by atomic mass is 9.98. The second kappa shape index (κ2) is 6.10. The summed E-state index contributed by atoms with van der Waals surface area (Å²) in [6.45, 7) is 1.78. The molecule has 0 unspecified atom stereocenters. The van der Waals surface area contributed by atoms with Crippen LogP contribution in [0.1, 0.15) is 21.5 Å². The maximum absolute atomic E-state index is 10.7. The summed E-state index contributed by atoms with van der Waals surface area (Å²) in [5.74, 6) is 1.55. The topological polar surface area (TPSA) is 38.8 Å². The van der Waals surface area contributed by atoms with Crippen LogP contribution >= 0.6 is 0 Å². The minimum atomic E-state index is 0.701. The number of anilines is 1. The Kier molecular flexibility index (Phi) is 4.00. The van der Waals surface area contributed by atoms with Gasteiger partial charge in [-0.3, -0.25) is 4.79 Å². The van der Waals surface area contributed by atoms with Crippen LogP contribution in [0, 0.1) is 0 Å². The number of hydrogen-bond donors (Lipinski definition) is 0. The molecule has 0 N–H and O–H groups in total. The predicted octanol–water partition coefficient (Wildman–Crippen LogP) is 3.08. The first kappa shape index (κ1) is 14.4. The van der Waals surface area contributed by atoms with Crippen LogP contribution in [-0.4, -0.2) is 27.1 Å². The molecular weight excluding hydrogens is 278 g/mol. The lowest BCUT2D eigenvalue weighted by Gasteiger charge is -2.31. The summed E-state index contributed by atoms with van der Waals surface area (Å²) in [5, 5.41) is 0. The van der Waals surface area contributed by atoms with E-state index in [4.69, 9.17) is 9.47 Å². The van der Waals surface area contributed by atoms with E-state index >= 15 is 0 Å². The van der Waals surface area contributed by atoms with Crippen molar-refractivity contribution in [2.75, 3.05) is 25.7 Å². The van der Waals surface area contributed by atoms with Gasteiger partial charge in [-0.25, -0.2) is 0 Å². The van der Waals surface area contributed by atoms with Crippen molar-refractivity contribution in [2.24, 2.45) is 0 Å². The number of aldehydes is 1. The number of fused-ring (bicyclic) bond motifs is 1. The van der Waals surface area contributed by atoms with Gasteiger partial charge in [-0.05, 0) is 53.9 Å². The van der Waals surface area contributed by atoms with E-state index in [0.29, 0.717) is 5.56 Å². The minimum absolute atomic E-state index is 0.701. The van der Waals surface area contributed by atoms with Gasteiger partial charge < -0.3 is 14.4 Å². The molecule has 2 aromatic rings. The number of methoxy groups -OCH3 is 2. The van der Waals surface area contributed by atoms with Gasteiger partial charge in [0.2, 0.25) is 0 Å². The molecule has 0 saturated heterocycles. The van der Waals surface area contributed by atoms with E-state index < -0.39 is 0 Å². The normalized spacial score (nSPS) is 13.5. The maximum atomic E-state index is 10.7. The molecule has 3 rings (SSSR count). The van der Waals surface area contributed by atoms with Crippen LogP contribution in [0.4, 0.5) is 5.69 Å². The standard InChI is InChI=1S/C18H19NO3/c1-21-17-9-14-7-8-19(11-15(14)10-18(17)22-2)16-5-3-13(12-20)4-6-16/h3-6,9-10,12H,7-8,11H2,1-2H3. The maximum Gasteiger partial charge on any atom is 0.161 e. The molecule has 0 aromatic heterocycles. The van der Waals surface area contributed by atoms with Crippen molar-refractivity contribution >= 4 is 12.0 Å². The number of rotatable bonds is 4. The van der Waals surface area contributed by atoms with Gasteiger partial charge in [-0.2, -0.15) is 0 Å². The fraction of sp³-hybridized carbons (Fsp3) is 0.278. The minimum Gasteiger partial charge on any atom is -0.493 e. The number of ether oxygens (including phenoxy) is 2. The number of nitrogens with zero attached hydrogens (tertiary/aromatic N) is 1. The van der Waals surface area contributed by atoms with E-state index in [0.717, 1.165) is 43.0 Å². The molecule has 0 saturated carbocycles. The summed E-state index contributed by atoms with van der Waals surface area (Å²) < 4.78 is 10.8. The van der Waals surface area contributed by atoms with Crippen molar-refractivity contribution in [1.82, 2.24) is 0 Å².